The third-order valence-corrected chi connectivity index (χ3v) is 8.04. The van der Waals surface area contributed by atoms with Crippen LogP contribution in [-0.4, -0.2) is 47.0 Å². The zero-order valence-corrected chi connectivity index (χ0v) is 24.7. The Balaban J connectivity index is 1.50. The lowest BCUT2D eigenvalue weighted by atomic mass is 9.92. The van der Waals surface area contributed by atoms with E-state index in [0.717, 1.165) is 11.1 Å². The summed E-state index contributed by atoms with van der Waals surface area (Å²) in [5.41, 5.74) is 8.55. The molecule has 0 radical (unpaired) electrons. The van der Waals surface area contributed by atoms with Gasteiger partial charge in [-0.15, -0.1) is 0 Å². The summed E-state index contributed by atoms with van der Waals surface area (Å²) in [6.07, 6.45) is 1.96. The summed E-state index contributed by atoms with van der Waals surface area (Å²) in [7, 11) is 0. The lowest BCUT2D eigenvalue weighted by Gasteiger charge is -2.37. The third kappa shape index (κ3) is 8.18. The number of rotatable bonds is 12. The Morgan fingerprint density at radius 3 is 2.31 bits per heavy atom. The minimum absolute atomic E-state index is 0.0303. The van der Waals surface area contributed by atoms with Gasteiger partial charge in [-0.3, -0.25) is 19.2 Å². The third-order valence-electron chi connectivity index (χ3n) is 7.30. The van der Waals surface area contributed by atoms with Crippen molar-refractivity contribution >= 4 is 52.4 Å². The number of halogens is 2. The molecule has 3 aromatic carbocycles. The van der Waals surface area contributed by atoms with Crippen molar-refractivity contribution in [1.82, 2.24) is 10.2 Å². The average Bonchev–Trinajstić information content (AvgIpc) is 3.00. The lowest BCUT2D eigenvalue weighted by molar-refractivity contribution is -0.142. The van der Waals surface area contributed by atoms with Crippen molar-refractivity contribution < 1.29 is 19.2 Å². The van der Waals surface area contributed by atoms with Crippen molar-refractivity contribution in [2.45, 2.75) is 57.2 Å². The summed E-state index contributed by atoms with van der Waals surface area (Å²) in [5, 5.41) is 6.33. The Kier molecular flexibility index (Phi) is 11.1. The lowest BCUT2D eigenvalue weighted by Crippen LogP contribution is -2.56. The number of ketones is 1. The number of Topliss-reactive ketones (excluding diaryl/α,β-unsaturated/α-hetero) is 1. The van der Waals surface area contributed by atoms with E-state index in [4.69, 9.17) is 28.9 Å². The van der Waals surface area contributed by atoms with Gasteiger partial charge in [-0.1, -0.05) is 77.8 Å². The maximum absolute atomic E-state index is 13.8. The molecule has 0 fully saturated rings. The molecule has 1 aliphatic heterocycles. The number of nitrogens with zero attached hydrogens (tertiary/aromatic N) is 1. The van der Waals surface area contributed by atoms with Crippen LogP contribution in [0.5, 0.6) is 0 Å². The van der Waals surface area contributed by atoms with E-state index < -0.39 is 23.9 Å². The number of anilines is 1. The average molecular weight is 610 g/mol. The first-order chi connectivity index (χ1) is 20.3. The predicted octanol–water partition coefficient (Wildman–Crippen LogP) is 5.16. The number of amides is 3. The first-order valence-electron chi connectivity index (χ1n) is 14.0. The smallest absolute Gasteiger partial charge is 0.246 e. The molecule has 0 saturated carbocycles. The van der Waals surface area contributed by atoms with Gasteiger partial charge in [0, 0.05) is 37.1 Å². The molecule has 0 bridgehead atoms. The maximum Gasteiger partial charge on any atom is 0.246 e. The number of carbonyl (C=O) groups is 4. The molecule has 3 amide bonds. The van der Waals surface area contributed by atoms with E-state index in [1.807, 2.05) is 30.3 Å². The van der Waals surface area contributed by atoms with Crippen LogP contribution in [0.1, 0.15) is 53.6 Å². The zero-order chi connectivity index (χ0) is 30.1. The fraction of sp³-hybridized carbons (Fsp3) is 0.312. The minimum Gasteiger partial charge on any atom is -0.342 e. The molecule has 2 unspecified atom stereocenters. The summed E-state index contributed by atoms with van der Waals surface area (Å²) < 4.78 is 0. The molecule has 1 aliphatic rings. The van der Waals surface area contributed by atoms with Gasteiger partial charge in [0.2, 0.25) is 17.7 Å². The molecule has 220 valence electrons. The summed E-state index contributed by atoms with van der Waals surface area (Å²) in [5.74, 6) is -1.29. The second-order valence-electron chi connectivity index (χ2n) is 10.3. The quantitative estimate of drug-likeness (QED) is 0.194. The highest BCUT2D eigenvalue weighted by atomic mass is 35.5. The van der Waals surface area contributed by atoms with E-state index >= 15 is 0 Å². The van der Waals surface area contributed by atoms with Gasteiger partial charge in [0.25, 0.3) is 0 Å². The van der Waals surface area contributed by atoms with Crippen LogP contribution in [0.25, 0.3) is 0 Å². The molecule has 4 rings (SSSR count). The van der Waals surface area contributed by atoms with Crippen molar-refractivity contribution in [2.24, 2.45) is 5.73 Å². The number of hydrogen-bond donors (Lipinski definition) is 3. The number of nitrogens with two attached hydrogens (primary N) is 1. The summed E-state index contributed by atoms with van der Waals surface area (Å²) in [6.45, 7) is 0.693. The molecule has 0 aliphatic carbocycles. The van der Waals surface area contributed by atoms with Gasteiger partial charge in [-0.25, -0.2) is 0 Å². The molecule has 8 nitrogen and oxygen atoms in total. The van der Waals surface area contributed by atoms with E-state index in [0.29, 0.717) is 53.5 Å². The fourth-order valence-electron chi connectivity index (χ4n) is 4.98. The molecular formula is C32H34Cl2N4O4. The van der Waals surface area contributed by atoms with Crippen LogP contribution in [0, 0.1) is 0 Å². The number of benzene rings is 3. The Hall–Kier alpha value is -3.72. The monoisotopic (exact) mass is 608 g/mol. The van der Waals surface area contributed by atoms with Gasteiger partial charge < -0.3 is 21.3 Å². The molecular weight excluding hydrogens is 575 g/mol. The van der Waals surface area contributed by atoms with Gasteiger partial charge in [0.05, 0.1) is 10.0 Å². The highest BCUT2D eigenvalue weighted by molar-refractivity contribution is 6.42. The van der Waals surface area contributed by atoms with Crippen molar-refractivity contribution in [1.29, 1.82) is 0 Å². The van der Waals surface area contributed by atoms with Gasteiger partial charge in [0.15, 0.2) is 5.78 Å². The predicted molar refractivity (Wildman–Crippen MR) is 164 cm³/mol. The van der Waals surface area contributed by atoms with Crippen LogP contribution in [0.3, 0.4) is 0 Å². The maximum atomic E-state index is 13.8. The van der Waals surface area contributed by atoms with E-state index in [9.17, 15) is 19.2 Å². The van der Waals surface area contributed by atoms with Crippen LogP contribution in [0.2, 0.25) is 10.0 Å². The normalized spacial score (nSPS) is 14.9. The van der Waals surface area contributed by atoms with Gasteiger partial charge in [-0.2, -0.15) is 0 Å². The van der Waals surface area contributed by atoms with Crippen LogP contribution < -0.4 is 16.4 Å². The van der Waals surface area contributed by atoms with Crippen molar-refractivity contribution in [3.8, 4) is 0 Å². The number of fused-ring (bicyclic) bond motifs is 1. The number of unbranched alkanes of at least 4 members (excludes halogenated alkanes) is 1. The van der Waals surface area contributed by atoms with E-state index in [1.165, 1.54) is 11.0 Å². The molecule has 10 heteroatoms. The highest BCUT2D eigenvalue weighted by Gasteiger charge is 2.36. The van der Waals surface area contributed by atoms with E-state index in [2.05, 4.69) is 10.6 Å². The first-order valence-corrected chi connectivity index (χ1v) is 14.7. The van der Waals surface area contributed by atoms with Crippen LogP contribution >= 0.6 is 23.2 Å². The molecule has 3 aromatic rings. The Morgan fingerprint density at radius 2 is 1.60 bits per heavy atom. The number of hydrogen-bond acceptors (Lipinski definition) is 5. The van der Waals surface area contributed by atoms with E-state index in [1.54, 1.807) is 36.4 Å². The standard InChI is InChI=1S/C32H34Cl2N4O4/c33-25-14-13-24(19-26(25)34)36-31(41)27(12-6-7-17-35)37-32(42)28-18-22-10-4-5-11-23(22)20-38(28)30(40)16-15-29(39)21-8-2-1-3-9-21/h1-5,8-11,13-14,19,27-28H,6-7,12,15-18,20,35H2,(H,36,41)(H,37,42). The summed E-state index contributed by atoms with van der Waals surface area (Å²) in [6, 6.07) is 19.5. The molecule has 1 heterocycles. The van der Waals surface area contributed by atoms with Crippen molar-refractivity contribution in [2.75, 3.05) is 11.9 Å². The zero-order valence-electron chi connectivity index (χ0n) is 23.2. The fourth-order valence-corrected chi connectivity index (χ4v) is 5.28. The SMILES string of the molecule is NCCCCC(NC(=O)C1Cc2ccccc2CN1C(=O)CCC(=O)c1ccccc1)C(=O)Nc1ccc(Cl)c(Cl)c1. The molecule has 0 saturated heterocycles. The Morgan fingerprint density at radius 1 is 0.881 bits per heavy atom. The van der Waals surface area contributed by atoms with E-state index in [-0.39, 0.29) is 31.1 Å². The first kappa shape index (κ1) is 31.2. The van der Waals surface area contributed by atoms with Gasteiger partial charge in [0.1, 0.15) is 12.1 Å². The second-order valence-corrected chi connectivity index (χ2v) is 11.1. The van der Waals surface area contributed by atoms with Crippen LogP contribution in [-0.2, 0) is 27.3 Å². The Bertz CT molecular complexity index is 1430. The summed E-state index contributed by atoms with van der Waals surface area (Å²) >= 11 is 12.1. The second kappa shape index (κ2) is 15.0. The van der Waals surface area contributed by atoms with Crippen molar-refractivity contribution in [3.05, 3.63) is 99.5 Å². The topological polar surface area (TPSA) is 122 Å². The highest BCUT2D eigenvalue weighted by Crippen LogP contribution is 2.27. The van der Waals surface area contributed by atoms with Crippen molar-refractivity contribution in [3.63, 3.8) is 0 Å². The van der Waals surface area contributed by atoms with Gasteiger partial charge in [-0.05, 0) is 55.1 Å². The number of carbonyl (C=O) groups excluding carboxylic acids is 4. The Labute approximate surface area is 255 Å². The molecule has 0 aromatic heterocycles. The minimum atomic E-state index is -0.868. The molecule has 0 spiro atoms. The molecule has 2 atom stereocenters. The largest absolute Gasteiger partial charge is 0.342 e. The van der Waals surface area contributed by atoms with Gasteiger partial charge >= 0.3 is 0 Å². The van der Waals surface area contributed by atoms with Crippen LogP contribution in [0.15, 0.2) is 72.8 Å². The number of nitrogens with one attached hydrogen (secondary N) is 2. The molecule has 42 heavy (non-hydrogen) atoms. The van der Waals surface area contributed by atoms with Crippen LogP contribution in [0.4, 0.5) is 5.69 Å². The summed E-state index contributed by atoms with van der Waals surface area (Å²) in [4.78, 5) is 54.7. The molecule has 4 N–H and O–H groups in total.